The normalized spacial score (nSPS) is 15.5. The summed E-state index contributed by atoms with van der Waals surface area (Å²) < 4.78 is 11.5. The smallest absolute Gasteiger partial charge is 0.256 e. The van der Waals surface area contributed by atoms with Gasteiger partial charge < -0.3 is 20.5 Å². The van der Waals surface area contributed by atoms with E-state index < -0.39 is 0 Å². The number of hydrogen-bond donors (Lipinski definition) is 2. The van der Waals surface area contributed by atoms with Crippen molar-refractivity contribution in [3.63, 3.8) is 0 Å². The number of hydrogen-bond acceptors (Lipinski definition) is 4. The van der Waals surface area contributed by atoms with Gasteiger partial charge in [0.1, 0.15) is 17.6 Å². The average molecular weight is 326 g/mol. The van der Waals surface area contributed by atoms with Crippen molar-refractivity contribution in [3.05, 3.63) is 47.0 Å². The summed E-state index contributed by atoms with van der Waals surface area (Å²) in [7, 11) is 0. The third kappa shape index (κ3) is 3.15. The molecule has 1 unspecified atom stereocenters. The quantitative estimate of drug-likeness (QED) is 0.843. The van der Waals surface area contributed by atoms with Crippen LogP contribution in [-0.4, -0.2) is 18.6 Å². The van der Waals surface area contributed by atoms with E-state index in [9.17, 15) is 4.79 Å². The van der Waals surface area contributed by atoms with Gasteiger partial charge in [-0.2, -0.15) is 0 Å². The number of carbonyl (C=O) groups excluding carboxylic acids is 1. The number of rotatable bonds is 4. The number of aryl methyl sites for hydroxylation is 1. The van der Waals surface area contributed by atoms with Crippen LogP contribution in [0.1, 0.15) is 35.3 Å². The molecule has 5 heteroatoms. The van der Waals surface area contributed by atoms with E-state index in [1.165, 1.54) is 0 Å². The lowest BCUT2D eigenvalue weighted by atomic mass is 10.1. The van der Waals surface area contributed by atoms with Crippen LogP contribution in [0.5, 0.6) is 11.5 Å². The maximum Gasteiger partial charge on any atom is 0.256 e. The summed E-state index contributed by atoms with van der Waals surface area (Å²) in [6.45, 7) is 6.34. The van der Waals surface area contributed by atoms with Crippen LogP contribution in [-0.2, 0) is 6.42 Å². The molecule has 0 saturated heterocycles. The molecule has 3 rings (SSSR count). The van der Waals surface area contributed by atoms with Gasteiger partial charge in [-0.3, -0.25) is 4.79 Å². The SMILES string of the molecule is CCOc1cc2c(cc1NC(=O)c1cc(N)ccc1C)OC(C)C2. The first-order valence-electron chi connectivity index (χ1n) is 8.11. The molecule has 1 heterocycles. The summed E-state index contributed by atoms with van der Waals surface area (Å²) in [5, 5.41) is 2.92. The zero-order valence-electron chi connectivity index (χ0n) is 14.2. The van der Waals surface area contributed by atoms with Crippen molar-refractivity contribution in [2.24, 2.45) is 0 Å². The number of fused-ring (bicyclic) bond motifs is 1. The van der Waals surface area contributed by atoms with E-state index in [0.717, 1.165) is 23.3 Å². The second-order valence-corrected chi connectivity index (χ2v) is 6.05. The number of carbonyl (C=O) groups is 1. The van der Waals surface area contributed by atoms with Gasteiger partial charge >= 0.3 is 0 Å². The number of nitrogens with one attached hydrogen (secondary N) is 1. The number of benzene rings is 2. The van der Waals surface area contributed by atoms with Crippen molar-refractivity contribution in [1.29, 1.82) is 0 Å². The van der Waals surface area contributed by atoms with Gasteiger partial charge in [-0.25, -0.2) is 0 Å². The fourth-order valence-electron chi connectivity index (χ4n) is 2.89. The highest BCUT2D eigenvalue weighted by Gasteiger charge is 2.23. The Labute approximate surface area is 141 Å². The van der Waals surface area contributed by atoms with E-state index >= 15 is 0 Å². The highest BCUT2D eigenvalue weighted by atomic mass is 16.5. The molecular formula is C19H22N2O3. The van der Waals surface area contributed by atoms with Crippen LogP contribution in [0.25, 0.3) is 0 Å². The Hall–Kier alpha value is -2.69. The number of anilines is 2. The Bertz CT molecular complexity index is 786. The average Bonchev–Trinajstić information content (AvgIpc) is 2.89. The number of ether oxygens (including phenoxy) is 2. The first-order chi connectivity index (χ1) is 11.5. The molecule has 3 N–H and O–H groups in total. The van der Waals surface area contributed by atoms with Gasteiger partial charge in [0.25, 0.3) is 5.91 Å². The van der Waals surface area contributed by atoms with E-state index in [1.54, 1.807) is 12.1 Å². The number of amides is 1. The fourth-order valence-corrected chi connectivity index (χ4v) is 2.89. The van der Waals surface area contributed by atoms with Gasteiger partial charge in [0.15, 0.2) is 0 Å². The van der Waals surface area contributed by atoms with E-state index in [4.69, 9.17) is 15.2 Å². The number of nitrogen functional groups attached to an aromatic ring is 1. The molecule has 0 aliphatic carbocycles. The monoisotopic (exact) mass is 326 g/mol. The minimum Gasteiger partial charge on any atom is -0.492 e. The van der Waals surface area contributed by atoms with Gasteiger partial charge in [-0.05, 0) is 44.5 Å². The van der Waals surface area contributed by atoms with Crippen LogP contribution < -0.4 is 20.5 Å². The zero-order chi connectivity index (χ0) is 17.3. The highest BCUT2D eigenvalue weighted by Crippen LogP contribution is 2.38. The van der Waals surface area contributed by atoms with E-state index in [-0.39, 0.29) is 12.0 Å². The van der Waals surface area contributed by atoms with Gasteiger partial charge in [0.2, 0.25) is 0 Å². The molecule has 1 atom stereocenters. The van der Waals surface area contributed by atoms with Crippen molar-refractivity contribution < 1.29 is 14.3 Å². The molecule has 0 fully saturated rings. The van der Waals surface area contributed by atoms with Crippen LogP contribution in [0.4, 0.5) is 11.4 Å². The van der Waals surface area contributed by atoms with Crippen LogP contribution in [0.3, 0.4) is 0 Å². The summed E-state index contributed by atoms with van der Waals surface area (Å²) in [4.78, 5) is 12.6. The van der Waals surface area contributed by atoms with Crippen molar-refractivity contribution in [3.8, 4) is 11.5 Å². The molecule has 2 aromatic carbocycles. The molecule has 1 aliphatic heterocycles. The Balaban J connectivity index is 1.92. The predicted molar refractivity (Wildman–Crippen MR) is 94.9 cm³/mol. The van der Waals surface area contributed by atoms with Crippen molar-refractivity contribution in [2.75, 3.05) is 17.7 Å². The molecule has 1 aliphatic rings. The fraction of sp³-hybridized carbons (Fsp3) is 0.316. The lowest BCUT2D eigenvalue weighted by Crippen LogP contribution is -2.15. The second-order valence-electron chi connectivity index (χ2n) is 6.05. The maximum atomic E-state index is 12.6. The Morgan fingerprint density at radius 2 is 2.17 bits per heavy atom. The lowest BCUT2D eigenvalue weighted by molar-refractivity contribution is 0.102. The molecule has 1 amide bonds. The van der Waals surface area contributed by atoms with E-state index in [2.05, 4.69) is 5.32 Å². The van der Waals surface area contributed by atoms with Gasteiger partial charge in [0.05, 0.1) is 12.3 Å². The lowest BCUT2D eigenvalue weighted by Gasteiger charge is -2.14. The largest absolute Gasteiger partial charge is 0.492 e. The topological polar surface area (TPSA) is 73.6 Å². The minimum absolute atomic E-state index is 0.136. The molecule has 0 radical (unpaired) electrons. The molecule has 0 saturated carbocycles. The summed E-state index contributed by atoms with van der Waals surface area (Å²) >= 11 is 0. The summed E-state index contributed by atoms with van der Waals surface area (Å²) in [6.07, 6.45) is 0.981. The predicted octanol–water partition coefficient (Wildman–Crippen LogP) is 3.55. The Morgan fingerprint density at radius 1 is 1.38 bits per heavy atom. The Kier molecular flexibility index (Phi) is 4.34. The van der Waals surface area contributed by atoms with Crippen LogP contribution in [0.2, 0.25) is 0 Å². The third-order valence-electron chi connectivity index (χ3n) is 4.05. The summed E-state index contributed by atoms with van der Waals surface area (Å²) in [5.74, 6) is 1.24. The first-order valence-corrected chi connectivity index (χ1v) is 8.11. The van der Waals surface area contributed by atoms with Crippen molar-refractivity contribution >= 4 is 17.3 Å². The van der Waals surface area contributed by atoms with Crippen LogP contribution >= 0.6 is 0 Å². The standard InChI is InChI=1S/C19H22N2O3/c1-4-23-18-8-13-7-12(3)24-17(13)10-16(18)21-19(22)15-9-14(20)6-5-11(15)2/h5-6,8-10,12H,4,7,20H2,1-3H3,(H,21,22). The molecule has 2 aromatic rings. The molecule has 5 nitrogen and oxygen atoms in total. The molecule has 0 spiro atoms. The molecular weight excluding hydrogens is 304 g/mol. The molecule has 24 heavy (non-hydrogen) atoms. The molecule has 0 bridgehead atoms. The zero-order valence-corrected chi connectivity index (χ0v) is 14.2. The summed E-state index contributed by atoms with van der Waals surface area (Å²) in [6, 6.07) is 9.08. The minimum atomic E-state index is -0.216. The molecule has 0 aromatic heterocycles. The highest BCUT2D eigenvalue weighted by molar-refractivity contribution is 6.06. The third-order valence-corrected chi connectivity index (χ3v) is 4.05. The van der Waals surface area contributed by atoms with Crippen LogP contribution in [0, 0.1) is 6.92 Å². The first kappa shape index (κ1) is 16.2. The van der Waals surface area contributed by atoms with E-state index in [0.29, 0.717) is 29.3 Å². The molecule has 126 valence electrons. The number of nitrogens with two attached hydrogens (primary N) is 1. The van der Waals surface area contributed by atoms with Crippen molar-refractivity contribution in [1.82, 2.24) is 0 Å². The van der Waals surface area contributed by atoms with Gasteiger partial charge in [0, 0.05) is 29.3 Å². The summed E-state index contributed by atoms with van der Waals surface area (Å²) in [5.41, 5.74) is 9.48. The maximum absolute atomic E-state index is 12.6. The van der Waals surface area contributed by atoms with Gasteiger partial charge in [-0.15, -0.1) is 0 Å². The van der Waals surface area contributed by atoms with Crippen LogP contribution in [0.15, 0.2) is 30.3 Å². The van der Waals surface area contributed by atoms with Crippen molar-refractivity contribution in [2.45, 2.75) is 33.3 Å². The second kappa shape index (κ2) is 6.43. The van der Waals surface area contributed by atoms with Gasteiger partial charge in [-0.1, -0.05) is 6.07 Å². The Morgan fingerprint density at radius 3 is 2.92 bits per heavy atom. The van der Waals surface area contributed by atoms with E-state index in [1.807, 2.05) is 39.0 Å².